The van der Waals surface area contributed by atoms with Crippen molar-refractivity contribution in [3.05, 3.63) is 77.1 Å². The maximum Gasteiger partial charge on any atom is 0.257 e. The molecule has 0 saturated heterocycles. The lowest BCUT2D eigenvalue weighted by Gasteiger charge is -2.11. The zero-order chi connectivity index (χ0) is 16.8. The van der Waals surface area contributed by atoms with Crippen LogP contribution >= 0.6 is 11.6 Å². The number of carbonyl (C=O) groups excluding carboxylic acids is 2. The van der Waals surface area contributed by atoms with Crippen LogP contribution in [-0.4, -0.2) is 18.4 Å². The minimum Gasteiger partial charge on any atom is -0.349 e. The number of anilines is 1. The summed E-state index contributed by atoms with van der Waals surface area (Å²) in [6.07, 6.45) is 1.55. The summed E-state index contributed by atoms with van der Waals surface area (Å²) in [5, 5.41) is 5.25. The van der Waals surface area contributed by atoms with Crippen molar-refractivity contribution >= 4 is 29.1 Å². The van der Waals surface area contributed by atoms with E-state index < -0.39 is 11.7 Å². The molecule has 0 aliphatic rings. The lowest BCUT2D eigenvalue weighted by Crippen LogP contribution is -2.25. The first-order chi connectivity index (χ1) is 11.0. The van der Waals surface area contributed by atoms with Crippen LogP contribution < -0.4 is 10.6 Å². The molecule has 2 N–H and O–H groups in total. The van der Waals surface area contributed by atoms with E-state index in [-0.39, 0.29) is 16.5 Å². The molecule has 0 fully saturated rings. The fraction of sp³-hybridized carbons (Fsp3) is 0.0588. The highest BCUT2D eigenvalue weighted by Gasteiger charge is 2.15. The van der Waals surface area contributed by atoms with Gasteiger partial charge in [0.05, 0.1) is 21.8 Å². The Morgan fingerprint density at radius 2 is 1.87 bits per heavy atom. The smallest absolute Gasteiger partial charge is 0.257 e. The van der Waals surface area contributed by atoms with Crippen molar-refractivity contribution in [3.8, 4) is 0 Å². The van der Waals surface area contributed by atoms with Crippen LogP contribution in [0, 0.1) is 5.82 Å². The molecule has 2 aromatic rings. The first kappa shape index (κ1) is 16.7. The van der Waals surface area contributed by atoms with E-state index in [1.54, 1.807) is 30.3 Å². The standard InChI is InChI=1S/C17H14ClFN2O2/c1-2-9-20-16(22)13-5-3-4-6-15(13)21-17(23)12-8-7-11(19)10-14(12)18/h2-8,10H,1,9H2,(H,20,22)(H,21,23). The molecule has 0 unspecified atom stereocenters. The number of carbonyl (C=O) groups is 2. The van der Waals surface area contributed by atoms with Gasteiger partial charge in [0.1, 0.15) is 5.82 Å². The summed E-state index contributed by atoms with van der Waals surface area (Å²) in [6, 6.07) is 10.0. The van der Waals surface area contributed by atoms with Gasteiger partial charge in [-0.15, -0.1) is 6.58 Å². The van der Waals surface area contributed by atoms with Gasteiger partial charge in [-0.25, -0.2) is 4.39 Å². The highest BCUT2D eigenvalue weighted by molar-refractivity contribution is 6.34. The largest absolute Gasteiger partial charge is 0.349 e. The number of hydrogen-bond acceptors (Lipinski definition) is 2. The topological polar surface area (TPSA) is 58.2 Å². The number of nitrogens with one attached hydrogen (secondary N) is 2. The zero-order valence-corrected chi connectivity index (χ0v) is 12.9. The third kappa shape index (κ3) is 4.17. The predicted molar refractivity (Wildman–Crippen MR) is 88.3 cm³/mol. The average Bonchev–Trinajstić information content (AvgIpc) is 2.53. The monoisotopic (exact) mass is 332 g/mol. The predicted octanol–water partition coefficient (Wildman–Crippen LogP) is 3.65. The summed E-state index contributed by atoms with van der Waals surface area (Å²) >= 11 is 5.87. The van der Waals surface area contributed by atoms with Gasteiger partial charge in [0.2, 0.25) is 0 Å². The number of halogens is 2. The van der Waals surface area contributed by atoms with Crippen LogP contribution in [0.1, 0.15) is 20.7 Å². The van der Waals surface area contributed by atoms with Crippen molar-refractivity contribution < 1.29 is 14.0 Å². The molecule has 2 aromatic carbocycles. The second-order valence-corrected chi connectivity index (χ2v) is 5.03. The number of benzene rings is 2. The van der Waals surface area contributed by atoms with Gasteiger partial charge in [0, 0.05) is 6.54 Å². The van der Waals surface area contributed by atoms with Crippen molar-refractivity contribution in [1.82, 2.24) is 5.32 Å². The molecular formula is C17H14ClFN2O2. The average molecular weight is 333 g/mol. The van der Waals surface area contributed by atoms with Crippen molar-refractivity contribution in [2.45, 2.75) is 0 Å². The van der Waals surface area contributed by atoms with Gasteiger partial charge in [-0.05, 0) is 30.3 Å². The molecule has 2 rings (SSSR count). The summed E-state index contributed by atoms with van der Waals surface area (Å²) in [4.78, 5) is 24.3. The Morgan fingerprint density at radius 1 is 1.13 bits per heavy atom. The Balaban J connectivity index is 2.24. The van der Waals surface area contributed by atoms with E-state index in [0.717, 1.165) is 12.1 Å². The first-order valence-electron chi connectivity index (χ1n) is 6.77. The fourth-order valence-electron chi connectivity index (χ4n) is 1.91. The number of amides is 2. The Hall–Kier alpha value is -2.66. The molecule has 0 spiro atoms. The van der Waals surface area contributed by atoms with E-state index in [2.05, 4.69) is 17.2 Å². The second kappa shape index (κ2) is 7.56. The van der Waals surface area contributed by atoms with Crippen molar-refractivity contribution in [3.63, 3.8) is 0 Å². The van der Waals surface area contributed by atoms with E-state index in [1.807, 2.05) is 0 Å². The SMILES string of the molecule is C=CCNC(=O)c1ccccc1NC(=O)c1ccc(F)cc1Cl. The minimum absolute atomic E-state index is 0.00362. The van der Waals surface area contributed by atoms with E-state index in [1.165, 1.54) is 6.07 Å². The van der Waals surface area contributed by atoms with Crippen LogP contribution in [0.5, 0.6) is 0 Å². The normalized spacial score (nSPS) is 10.0. The van der Waals surface area contributed by atoms with Gasteiger partial charge in [-0.3, -0.25) is 9.59 Å². The van der Waals surface area contributed by atoms with Crippen LogP contribution in [0.2, 0.25) is 5.02 Å². The molecule has 0 aromatic heterocycles. The summed E-state index contributed by atoms with van der Waals surface area (Å²) in [7, 11) is 0. The lowest BCUT2D eigenvalue weighted by atomic mass is 10.1. The molecule has 2 amide bonds. The molecule has 23 heavy (non-hydrogen) atoms. The minimum atomic E-state index is -0.532. The van der Waals surface area contributed by atoms with Gasteiger partial charge in [-0.1, -0.05) is 29.8 Å². The molecule has 118 valence electrons. The molecular weight excluding hydrogens is 319 g/mol. The second-order valence-electron chi connectivity index (χ2n) is 4.62. The van der Waals surface area contributed by atoms with Crippen LogP contribution in [0.3, 0.4) is 0 Å². The van der Waals surface area contributed by atoms with Crippen LogP contribution in [0.15, 0.2) is 55.1 Å². The van der Waals surface area contributed by atoms with Gasteiger partial charge in [0.25, 0.3) is 11.8 Å². The Labute approximate surface area is 138 Å². The molecule has 0 aliphatic heterocycles. The number of para-hydroxylation sites is 1. The molecule has 0 aliphatic carbocycles. The molecule has 0 saturated carbocycles. The Morgan fingerprint density at radius 3 is 2.57 bits per heavy atom. The fourth-order valence-corrected chi connectivity index (χ4v) is 2.17. The summed E-state index contributed by atoms with van der Waals surface area (Å²) in [6.45, 7) is 3.83. The maximum absolute atomic E-state index is 13.0. The third-order valence-electron chi connectivity index (χ3n) is 3.00. The zero-order valence-electron chi connectivity index (χ0n) is 12.1. The van der Waals surface area contributed by atoms with Gasteiger partial charge in [0.15, 0.2) is 0 Å². The van der Waals surface area contributed by atoms with E-state index in [9.17, 15) is 14.0 Å². The van der Waals surface area contributed by atoms with Crippen molar-refractivity contribution in [2.24, 2.45) is 0 Å². The van der Waals surface area contributed by atoms with E-state index in [0.29, 0.717) is 17.8 Å². The highest BCUT2D eigenvalue weighted by atomic mass is 35.5. The van der Waals surface area contributed by atoms with E-state index in [4.69, 9.17) is 11.6 Å². The maximum atomic E-state index is 13.0. The molecule has 0 heterocycles. The van der Waals surface area contributed by atoms with Gasteiger partial charge in [-0.2, -0.15) is 0 Å². The quantitative estimate of drug-likeness (QED) is 0.821. The summed E-state index contributed by atoms with van der Waals surface area (Å²) in [5.74, 6) is -1.40. The van der Waals surface area contributed by atoms with Crippen molar-refractivity contribution in [2.75, 3.05) is 11.9 Å². The molecule has 6 heteroatoms. The van der Waals surface area contributed by atoms with Crippen LogP contribution in [0.25, 0.3) is 0 Å². The van der Waals surface area contributed by atoms with Gasteiger partial charge >= 0.3 is 0 Å². The summed E-state index contributed by atoms with van der Waals surface area (Å²) < 4.78 is 13.0. The molecule has 0 atom stereocenters. The Kier molecular flexibility index (Phi) is 5.49. The van der Waals surface area contributed by atoms with Crippen LogP contribution in [-0.2, 0) is 0 Å². The number of rotatable bonds is 5. The number of hydrogen-bond donors (Lipinski definition) is 2. The third-order valence-corrected chi connectivity index (χ3v) is 3.32. The first-order valence-corrected chi connectivity index (χ1v) is 7.15. The van der Waals surface area contributed by atoms with Gasteiger partial charge < -0.3 is 10.6 Å². The van der Waals surface area contributed by atoms with Crippen molar-refractivity contribution in [1.29, 1.82) is 0 Å². The lowest BCUT2D eigenvalue weighted by molar-refractivity contribution is 0.0959. The Bertz CT molecular complexity index is 762. The van der Waals surface area contributed by atoms with Crippen LogP contribution in [0.4, 0.5) is 10.1 Å². The molecule has 0 bridgehead atoms. The van der Waals surface area contributed by atoms with E-state index >= 15 is 0 Å². The molecule has 4 nitrogen and oxygen atoms in total. The highest BCUT2D eigenvalue weighted by Crippen LogP contribution is 2.21. The molecule has 0 radical (unpaired) electrons. The summed E-state index contributed by atoms with van der Waals surface area (Å²) in [5.41, 5.74) is 0.759.